The summed E-state index contributed by atoms with van der Waals surface area (Å²) < 4.78 is 64.4. The van der Waals surface area contributed by atoms with Gasteiger partial charge in [-0.15, -0.1) is 0 Å². The molecule has 0 saturated carbocycles. The molecule has 0 atom stereocenters. The molecule has 26 heavy (non-hydrogen) atoms. The second-order valence-electron chi connectivity index (χ2n) is 5.92. The number of sulfonamides is 1. The predicted octanol–water partition coefficient (Wildman–Crippen LogP) is 2.70. The number of nitrogens with zero attached hydrogens (tertiary/aromatic N) is 1. The van der Waals surface area contributed by atoms with E-state index < -0.39 is 55.1 Å². The Hall–Kier alpha value is -2.20. The molecule has 6 nitrogen and oxygen atoms in total. The highest BCUT2D eigenvalue weighted by molar-refractivity contribution is 7.89. The third kappa shape index (κ3) is 3.65. The molecule has 1 aliphatic rings. The van der Waals surface area contributed by atoms with E-state index in [0.29, 0.717) is 28.9 Å². The van der Waals surface area contributed by atoms with Gasteiger partial charge in [0.2, 0.25) is 15.8 Å². The minimum atomic E-state index is -4.82. The lowest BCUT2D eigenvalue weighted by atomic mass is 9.90. The summed E-state index contributed by atoms with van der Waals surface area (Å²) >= 11 is 0. The molecule has 0 radical (unpaired) electrons. The first-order valence-corrected chi connectivity index (χ1v) is 8.95. The summed E-state index contributed by atoms with van der Waals surface area (Å²) in [4.78, 5) is 23.8. The van der Waals surface area contributed by atoms with Crippen molar-refractivity contribution < 1.29 is 36.3 Å². The smallest absolute Gasteiger partial charge is 0.416 e. The molecule has 0 aromatic heterocycles. The highest BCUT2D eigenvalue weighted by Crippen LogP contribution is 2.34. The molecule has 0 amide bonds. The molecule has 0 spiro atoms. The first kappa shape index (κ1) is 20.1. The van der Waals surface area contributed by atoms with Crippen LogP contribution in [0.3, 0.4) is 0 Å². The lowest BCUT2D eigenvalue weighted by Crippen LogP contribution is -2.27. The Morgan fingerprint density at radius 1 is 1.19 bits per heavy atom. The molecule has 1 aromatic rings. The molecule has 2 rings (SSSR count). The predicted molar refractivity (Wildman–Crippen MR) is 85.2 cm³/mol. The highest BCUT2D eigenvalue weighted by atomic mass is 32.2. The Kier molecular flexibility index (Phi) is 5.29. The third-order valence-electron chi connectivity index (χ3n) is 3.92. The lowest BCUT2D eigenvalue weighted by molar-refractivity contribution is -0.137. The fourth-order valence-electron chi connectivity index (χ4n) is 2.52. The molecule has 0 heterocycles. The van der Waals surface area contributed by atoms with Crippen molar-refractivity contribution in [2.24, 2.45) is 0 Å². The maximum Gasteiger partial charge on any atom is 0.416 e. The van der Waals surface area contributed by atoms with Crippen molar-refractivity contribution >= 4 is 21.6 Å². The fourth-order valence-corrected chi connectivity index (χ4v) is 3.62. The number of benzene rings is 1. The lowest BCUT2D eigenvalue weighted by Gasteiger charge is -2.19. The van der Waals surface area contributed by atoms with E-state index in [1.165, 1.54) is 0 Å². The Morgan fingerprint density at radius 3 is 2.31 bits per heavy atom. The van der Waals surface area contributed by atoms with Gasteiger partial charge in [-0.3, -0.25) is 9.59 Å². The standard InChI is InChI=1S/C16H16F3NO5S/c1-20(2)26(24,25)13-8-9(16(17,18)19)6-7-10(13)15(23)14-11(21)4-3-5-12(14)22/h6-8,21H,3-5H2,1-2H3. The fraction of sp³-hybridized carbons (Fsp3) is 0.375. The first-order valence-electron chi connectivity index (χ1n) is 7.51. The normalized spacial score (nSPS) is 16.3. The average molecular weight is 391 g/mol. The van der Waals surface area contributed by atoms with E-state index in [4.69, 9.17) is 0 Å². The average Bonchev–Trinajstić information content (AvgIpc) is 2.52. The highest BCUT2D eigenvalue weighted by Gasteiger charge is 2.36. The second kappa shape index (κ2) is 6.84. The Labute approximate surface area is 148 Å². The number of carbonyl (C=O) groups excluding carboxylic acids is 2. The Balaban J connectivity index is 2.73. The molecule has 1 N–H and O–H groups in total. The summed E-state index contributed by atoms with van der Waals surface area (Å²) in [7, 11) is -2.20. The minimum Gasteiger partial charge on any atom is -0.511 e. The molecule has 1 aromatic carbocycles. The second-order valence-corrected chi connectivity index (χ2v) is 8.04. The third-order valence-corrected chi connectivity index (χ3v) is 5.78. The van der Waals surface area contributed by atoms with Gasteiger partial charge in [0.15, 0.2) is 5.78 Å². The van der Waals surface area contributed by atoms with Gasteiger partial charge in [0.25, 0.3) is 0 Å². The van der Waals surface area contributed by atoms with Crippen LogP contribution in [0.2, 0.25) is 0 Å². The van der Waals surface area contributed by atoms with Gasteiger partial charge in [0.05, 0.1) is 10.5 Å². The van der Waals surface area contributed by atoms with Gasteiger partial charge in [-0.1, -0.05) is 0 Å². The number of aliphatic hydroxyl groups excluding tert-OH is 1. The van der Waals surface area contributed by atoms with Crippen LogP contribution in [0.25, 0.3) is 0 Å². The van der Waals surface area contributed by atoms with Gasteiger partial charge < -0.3 is 5.11 Å². The summed E-state index contributed by atoms with van der Waals surface area (Å²) in [5.41, 5.74) is -2.42. The number of ketones is 2. The van der Waals surface area contributed by atoms with Gasteiger partial charge in [0.1, 0.15) is 11.3 Å². The number of rotatable bonds is 4. The van der Waals surface area contributed by atoms with Gasteiger partial charge in [-0.25, -0.2) is 12.7 Å². The van der Waals surface area contributed by atoms with Crippen LogP contribution >= 0.6 is 0 Å². The van der Waals surface area contributed by atoms with Crippen molar-refractivity contribution in [3.8, 4) is 0 Å². The number of Topliss-reactive ketones (excluding diaryl/α,β-unsaturated/α-hetero) is 2. The van der Waals surface area contributed by atoms with Crippen LogP contribution < -0.4 is 0 Å². The van der Waals surface area contributed by atoms with Crippen molar-refractivity contribution in [3.63, 3.8) is 0 Å². The molecule has 0 saturated heterocycles. The monoisotopic (exact) mass is 391 g/mol. The maximum absolute atomic E-state index is 13.0. The van der Waals surface area contributed by atoms with Crippen LogP contribution in [0.4, 0.5) is 13.2 Å². The van der Waals surface area contributed by atoms with E-state index in [-0.39, 0.29) is 12.8 Å². The number of hydrogen-bond acceptors (Lipinski definition) is 5. The van der Waals surface area contributed by atoms with Crippen LogP contribution in [-0.2, 0) is 21.0 Å². The van der Waals surface area contributed by atoms with Crippen LogP contribution in [0.15, 0.2) is 34.4 Å². The summed E-state index contributed by atoms with van der Waals surface area (Å²) in [6.45, 7) is 0. The van der Waals surface area contributed by atoms with E-state index in [0.717, 1.165) is 14.1 Å². The maximum atomic E-state index is 13.0. The molecule has 142 valence electrons. The van der Waals surface area contributed by atoms with E-state index >= 15 is 0 Å². The summed E-state index contributed by atoms with van der Waals surface area (Å²) in [6.07, 6.45) is -4.44. The van der Waals surface area contributed by atoms with E-state index in [2.05, 4.69) is 0 Å². The molecular weight excluding hydrogens is 375 g/mol. The van der Waals surface area contributed by atoms with Gasteiger partial charge in [-0.05, 0) is 24.6 Å². The van der Waals surface area contributed by atoms with Crippen LogP contribution in [0.1, 0.15) is 35.2 Å². The molecule has 0 bridgehead atoms. The van der Waals surface area contributed by atoms with Crippen LogP contribution in [-0.4, -0.2) is 43.5 Å². The SMILES string of the molecule is CN(C)S(=O)(=O)c1cc(C(F)(F)F)ccc1C(=O)C1=C(O)CCCC1=O. The largest absolute Gasteiger partial charge is 0.511 e. The van der Waals surface area contributed by atoms with Crippen molar-refractivity contribution in [1.29, 1.82) is 0 Å². The van der Waals surface area contributed by atoms with Gasteiger partial charge in [0, 0.05) is 32.5 Å². The minimum absolute atomic E-state index is 0.0124. The number of aliphatic hydroxyl groups is 1. The summed E-state index contributed by atoms with van der Waals surface area (Å²) in [6, 6.07) is 1.63. The quantitative estimate of drug-likeness (QED) is 0.629. The zero-order valence-corrected chi connectivity index (χ0v) is 14.7. The zero-order chi connectivity index (χ0) is 19.9. The first-order chi connectivity index (χ1) is 11.9. The van der Waals surface area contributed by atoms with Crippen LogP contribution in [0.5, 0.6) is 0 Å². The molecule has 1 aliphatic carbocycles. The summed E-state index contributed by atoms with van der Waals surface area (Å²) in [5, 5.41) is 9.86. The number of halogens is 3. The summed E-state index contributed by atoms with van der Waals surface area (Å²) in [5.74, 6) is -2.27. The number of carbonyl (C=O) groups is 2. The van der Waals surface area contributed by atoms with Gasteiger partial charge in [-0.2, -0.15) is 13.2 Å². The van der Waals surface area contributed by atoms with Crippen molar-refractivity contribution in [1.82, 2.24) is 4.31 Å². The molecule has 0 unspecified atom stereocenters. The van der Waals surface area contributed by atoms with E-state index in [1.54, 1.807) is 0 Å². The Morgan fingerprint density at radius 2 is 1.81 bits per heavy atom. The topological polar surface area (TPSA) is 91.8 Å². The molecule has 10 heteroatoms. The van der Waals surface area contributed by atoms with E-state index in [9.17, 15) is 36.3 Å². The van der Waals surface area contributed by atoms with E-state index in [1.807, 2.05) is 0 Å². The zero-order valence-electron chi connectivity index (χ0n) is 13.9. The molecule has 0 fully saturated rings. The number of alkyl halides is 3. The number of hydrogen-bond donors (Lipinski definition) is 1. The molecular formula is C16H16F3NO5S. The molecule has 0 aliphatic heterocycles. The van der Waals surface area contributed by atoms with Crippen molar-refractivity contribution in [2.45, 2.75) is 30.3 Å². The van der Waals surface area contributed by atoms with Crippen molar-refractivity contribution in [2.75, 3.05) is 14.1 Å². The Bertz CT molecular complexity index is 901. The van der Waals surface area contributed by atoms with Crippen molar-refractivity contribution in [3.05, 3.63) is 40.7 Å². The van der Waals surface area contributed by atoms with Crippen LogP contribution in [0, 0.1) is 0 Å². The number of allylic oxidation sites excluding steroid dienone is 2. The van der Waals surface area contributed by atoms with Gasteiger partial charge >= 0.3 is 6.18 Å².